The quantitative estimate of drug-likeness (QED) is 0.347. The molecular formula is C31H42Cl2N2O4. The van der Waals surface area contributed by atoms with Crippen LogP contribution in [-0.2, 0) is 9.59 Å². The highest BCUT2D eigenvalue weighted by molar-refractivity contribution is 6.18. The molecule has 214 valence electrons. The Hall–Kier alpha value is -1.92. The third-order valence-corrected chi connectivity index (χ3v) is 11.2. The van der Waals surface area contributed by atoms with E-state index in [4.69, 9.17) is 27.9 Å². The average Bonchev–Trinajstić information content (AvgIpc) is 3.17. The van der Waals surface area contributed by atoms with Crippen LogP contribution in [0.3, 0.4) is 0 Å². The van der Waals surface area contributed by atoms with Gasteiger partial charge in [-0.3, -0.25) is 4.79 Å². The maximum absolute atomic E-state index is 12.6. The Morgan fingerprint density at radius 2 is 1.79 bits per heavy atom. The number of rotatable bonds is 9. The molecule has 1 heterocycles. The monoisotopic (exact) mass is 576 g/mol. The van der Waals surface area contributed by atoms with Gasteiger partial charge in [-0.05, 0) is 97.8 Å². The molecule has 39 heavy (non-hydrogen) atoms. The van der Waals surface area contributed by atoms with Crippen LogP contribution in [0.25, 0.3) is 0 Å². The van der Waals surface area contributed by atoms with Gasteiger partial charge in [0.2, 0.25) is 5.91 Å². The zero-order valence-corrected chi connectivity index (χ0v) is 24.6. The minimum absolute atomic E-state index is 0.0354. The Morgan fingerprint density at radius 1 is 1.08 bits per heavy atom. The lowest BCUT2D eigenvalue weighted by molar-refractivity contribution is -0.152. The fourth-order valence-corrected chi connectivity index (χ4v) is 9.27. The van der Waals surface area contributed by atoms with Crippen molar-refractivity contribution in [3.05, 3.63) is 35.9 Å². The number of nitrogens with one attached hydrogen (secondary N) is 1. The second kappa shape index (κ2) is 11.5. The molecule has 2 N–H and O–H groups in total. The average molecular weight is 578 g/mol. The molecule has 6 nitrogen and oxygen atoms in total. The van der Waals surface area contributed by atoms with Gasteiger partial charge in [-0.2, -0.15) is 0 Å². The van der Waals surface area contributed by atoms with Crippen molar-refractivity contribution in [2.45, 2.75) is 64.9 Å². The standard InChI is InChI=1S/C31H42Cl2N2O4/c1-30-13-16-34-27(36)19-20(30)3-8-23-24-9-10-26(31(24,2)12-11-25(23)30)28(29(37)38)39-22-6-4-21(5-7-22)35(17-14-32)18-15-33/h4-7,19,23-26,28H,3,8-18H2,1-2H3,(H,34,36)(H,37,38)/t23-,24+,25+,26-,28?,30+,31+/m1/s1. The number of carbonyl (C=O) groups is 2. The number of halogens is 2. The van der Waals surface area contributed by atoms with E-state index in [1.54, 1.807) is 0 Å². The molecule has 7 atom stereocenters. The summed E-state index contributed by atoms with van der Waals surface area (Å²) in [5.74, 6) is 2.32. The van der Waals surface area contributed by atoms with Crippen molar-refractivity contribution >= 4 is 40.8 Å². The predicted octanol–water partition coefficient (Wildman–Crippen LogP) is 6.11. The van der Waals surface area contributed by atoms with Crippen LogP contribution >= 0.6 is 23.2 Å². The number of aliphatic carboxylic acids is 1. The Labute approximate surface area is 242 Å². The molecule has 8 heteroatoms. The first-order valence-corrected chi connectivity index (χ1v) is 15.6. The summed E-state index contributed by atoms with van der Waals surface area (Å²) in [6, 6.07) is 7.64. The minimum Gasteiger partial charge on any atom is -0.478 e. The van der Waals surface area contributed by atoms with Gasteiger partial charge in [-0.25, -0.2) is 4.79 Å². The highest BCUT2D eigenvalue weighted by Gasteiger charge is 2.61. The van der Waals surface area contributed by atoms with Crippen LogP contribution in [0.1, 0.15) is 58.8 Å². The second-order valence-electron chi connectivity index (χ2n) is 12.5. The minimum atomic E-state index is -0.881. The lowest BCUT2D eigenvalue weighted by Gasteiger charge is -2.57. The van der Waals surface area contributed by atoms with Gasteiger partial charge in [0.25, 0.3) is 0 Å². The number of allylic oxidation sites excluding steroid dienone is 1. The number of anilines is 1. The summed E-state index contributed by atoms with van der Waals surface area (Å²) < 4.78 is 6.27. The third-order valence-electron chi connectivity index (χ3n) is 10.8. The first-order valence-electron chi connectivity index (χ1n) is 14.6. The maximum atomic E-state index is 12.6. The van der Waals surface area contributed by atoms with Gasteiger partial charge in [-0.15, -0.1) is 23.2 Å². The van der Waals surface area contributed by atoms with Gasteiger partial charge >= 0.3 is 5.97 Å². The van der Waals surface area contributed by atoms with Crippen molar-refractivity contribution in [2.75, 3.05) is 36.3 Å². The highest BCUT2D eigenvalue weighted by Crippen LogP contribution is 2.66. The van der Waals surface area contributed by atoms with E-state index in [1.807, 2.05) is 30.3 Å². The Bertz CT molecular complexity index is 1090. The Morgan fingerprint density at radius 3 is 2.46 bits per heavy atom. The molecule has 3 fully saturated rings. The van der Waals surface area contributed by atoms with Crippen LogP contribution in [0.5, 0.6) is 5.75 Å². The number of ether oxygens (including phenoxy) is 1. The van der Waals surface area contributed by atoms with Crippen LogP contribution in [0.15, 0.2) is 35.9 Å². The van der Waals surface area contributed by atoms with Crippen molar-refractivity contribution < 1.29 is 19.4 Å². The number of fused-ring (bicyclic) bond motifs is 5. The third kappa shape index (κ3) is 5.28. The number of carboxylic acids is 1. The summed E-state index contributed by atoms with van der Waals surface area (Å²) in [5.41, 5.74) is 2.30. The molecule has 1 aliphatic heterocycles. The molecule has 1 amide bonds. The van der Waals surface area contributed by atoms with Crippen molar-refractivity contribution in [1.82, 2.24) is 5.32 Å². The topological polar surface area (TPSA) is 78.9 Å². The van der Waals surface area contributed by atoms with Crippen LogP contribution < -0.4 is 15.0 Å². The number of hydrogen-bond acceptors (Lipinski definition) is 4. The maximum Gasteiger partial charge on any atom is 0.345 e. The first-order chi connectivity index (χ1) is 18.7. The highest BCUT2D eigenvalue weighted by atomic mass is 35.5. The summed E-state index contributed by atoms with van der Waals surface area (Å²) in [6.45, 7) is 6.82. The Kier molecular flexibility index (Phi) is 8.45. The molecule has 1 aromatic carbocycles. The zero-order chi connectivity index (χ0) is 27.8. The molecule has 1 aromatic rings. The molecule has 4 aliphatic rings. The molecule has 0 aromatic heterocycles. The largest absolute Gasteiger partial charge is 0.478 e. The summed E-state index contributed by atoms with van der Waals surface area (Å²) in [6.07, 6.45) is 8.05. The van der Waals surface area contributed by atoms with Crippen molar-refractivity contribution in [3.8, 4) is 5.75 Å². The van der Waals surface area contributed by atoms with Crippen LogP contribution in [0, 0.1) is 34.5 Å². The fourth-order valence-electron chi connectivity index (χ4n) is 8.86. The van der Waals surface area contributed by atoms with E-state index < -0.39 is 12.1 Å². The molecule has 1 unspecified atom stereocenters. The van der Waals surface area contributed by atoms with Crippen LogP contribution in [-0.4, -0.2) is 54.5 Å². The number of benzene rings is 1. The van der Waals surface area contributed by atoms with E-state index in [0.717, 1.165) is 57.2 Å². The number of amides is 1. The van der Waals surface area contributed by atoms with Gasteiger partial charge in [0, 0.05) is 49.1 Å². The summed E-state index contributed by atoms with van der Waals surface area (Å²) in [4.78, 5) is 27.0. The molecule has 5 rings (SSSR count). The van der Waals surface area contributed by atoms with Crippen molar-refractivity contribution in [3.63, 3.8) is 0 Å². The van der Waals surface area contributed by atoms with Crippen LogP contribution in [0.2, 0.25) is 0 Å². The number of carboxylic acid groups (broad SMARTS) is 1. The zero-order valence-electron chi connectivity index (χ0n) is 23.1. The molecule has 3 aliphatic carbocycles. The smallest absolute Gasteiger partial charge is 0.345 e. The molecule has 3 saturated carbocycles. The number of hydrogen-bond donors (Lipinski definition) is 2. The lowest BCUT2D eigenvalue weighted by atomic mass is 9.47. The van der Waals surface area contributed by atoms with Gasteiger partial charge in [0.05, 0.1) is 0 Å². The van der Waals surface area contributed by atoms with E-state index in [9.17, 15) is 14.7 Å². The molecule has 0 saturated heterocycles. The van der Waals surface area contributed by atoms with E-state index in [1.165, 1.54) is 5.57 Å². The van der Waals surface area contributed by atoms with E-state index >= 15 is 0 Å². The number of nitrogens with zero attached hydrogens (tertiary/aromatic N) is 1. The van der Waals surface area contributed by atoms with Crippen molar-refractivity contribution in [2.24, 2.45) is 34.5 Å². The van der Waals surface area contributed by atoms with Gasteiger partial charge in [0.15, 0.2) is 6.10 Å². The summed E-state index contributed by atoms with van der Waals surface area (Å²) in [5, 5.41) is 13.4. The van der Waals surface area contributed by atoms with Gasteiger partial charge in [-0.1, -0.05) is 19.4 Å². The number of carbonyl (C=O) groups excluding carboxylic acids is 1. The summed E-state index contributed by atoms with van der Waals surface area (Å²) >= 11 is 11.9. The van der Waals surface area contributed by atoms with Crippen molar-refractivity contribution in [1.29, 1.82) is 0 Å². The predicted molar refractivity (Wildman–Crippen MR) is 156 cm³/mol. The molecule has 0 bridgehead atoms. The van der Waals surface area contributed by atoms with E-state index in [0.29, 0.717) is 48.4 Å². The normalized spacial score (nSPS) is 34.5. The van der Waals surface area contributed by atoms with E-state index in [2.05, 4.69) is 24.1 Å². The van der Waals surface area contributed by atoms with Crippen LogP contribution in [0.4, 0.5) is 5.69 Å². The molecule has 0 spiro atoms. The molecular weight excluding hydrogens is 535 g/mol. The van der Waals surface area contributed by atoms with Gasteiger partial charge < -0.3 is 20.1 Å². The Balaban J connectivity index is 1.34. The second-order valence-corrected chi connectivity index (χ2v) is 13.3. The fraction of sp³-hybridized carbons (Fsp3) is 0.677. The lowest BCUT2D eigenvalue weighted by Crippen LogP contribution is -2.52. The van der Waals surface area contributed by atoms with Gasteiger partial charge in [0.1, 0.15) is 5.75 Å². The molecule has 0 radical (unpaired) electrons. The first kappa shape index (κ1) is 28.6. The SMILES string of the molecule is C[C@]12CC[C@H]3[C@H](CCC4=CC(=O)NCC[C@@]43C)[C@@H]1CC[C@@H]2C(Oc1ccc(N(CCCl)CCCl)cc1)C(=O)O. The number of alkyl halides is 2. The van der Waals surface area contributed by atoms with E-state index in [-0.39, 0.29) is 22.7 Å². The summed E-state index contributed by atoms with van der Waals surface area (Å²) in [7, 11) is 0.